The van der Waals surface area contributed by atoms with Crippen LogP contribution in [0.2, 0.25) is 0 Å². The molecule has 2 atom stereocenters. The molecule has 4 amide bonds. The average molecular weight is 748 g/mol. The quantitative estimate of drug-likeness (QED) is 0.149. The molecule has 1 heterocycles. The van der Waals surface area contributed by atoms with Crippen LogP contribution in [0.4, 0.5) is 4.79 Å². The molecule has 1 saturated heterocycles. The van der Waals surface area contributed by atoms with Gasteiger partial charge in [-0.25, -0.2) is 4.79 Å². The molecule has 2 aromatic rings. The Hall–Kier alpha value is -4.78. The number of nitrogens with two attached hydrogens (primary N) is 1. The molecule has 54 heavy (non-hydrogen) atoms. The van der Waals surface area contributed by atoms with Crippen molar-refractivity contribution in [2.45, 2.75) is 109 Å². The highest BCUT2D eigenvalue weighted by Gasteiger charge is 2.50. The molecule has 0 aromatic heterocycles. The molecule has 2 aliphatic rings. The summed E-state index contributed by atoms with van der Waals surface area (Å²) < 4.78 is 5.47. The number of carboxylic acid groups (broad SMARTS) is 1. The molecule has 294 valence electrons. The minimum absolute atomic E-state index is 0.0187. The van der Waals surface area contributed by atoms with Crippen LogP contribution < -0.4 is 16.4 Å². The first kappa shape index (κ1) is 42.0. The van der Waals surface area contributed by atoms with Crippen molar-refractivity contribution in [3.05, 3.63) is 71.8 Å². The molecule has 4 rings (SSSR count). The van der Waals surface area contributed by atoms with Crippen LogP contribution in [0.1, 0.15) is 95.1 Å². The number of hydrogen-bond donors (Lipinski definition) is 4. The van der Waals surface area contributed by atoms with E-state index in [0.29, 0.717) is 25.4 Å². The number of benzene rings is 2. The SMILES string of the molecule is CCN(CC(=O)N[C@@](CC1CCCCC1)(C(=O)NCc1ccccc1)C(=O)[C@@H](N)CC(=O)O)C(=O)CCCC1CCN(C(=O)OCc2ccccc2)CC1. The van der Waals surface area contributed by atoms with Crippen molar-refractivity contribution in [1.29, 1.82) is 0 Å². The van der Waals surface area contributed by atoms with Crippen LogP contribution in [0.3, 0.4) is 0 Å². The van der Waals surface area contributed by atoms with Crippen molar-refractivity contribution in [3.63, 3.8) is 0 Å². The van der Waals surface area contributed by atoms with Gasteiger partial charge in [0, 0.05) is 32.6 Å². The van der Waals surface area contributed by atoms with Crippen molar-refractivity contribution in [2.75, 3.05) is 26.2 Å². The molecule has 0 bridgehead atoms. The summed E-state index contributed by atoms with van der Waals surface area (Å²) in [5, 5.41) is 15.0. The lowest BCUT2D eigenvalue weighted by molar-refractivity contribution is -0.147. The standard InChI is InChI=1S/C41H57N5O8/c1-2-45(36(48)20-12-19-30-21-23-46(24-22-30)40(53)54-29-33-17-10-5-11-18-33)28-35(47)44-41(26-31-13-6-3-7-14-31,38(51)34(42)25-37(49)50)39(52)43-27-32-15-8-4-9-16-32/h4-5,8-11,15-18,30-31,34H,2-3,6-7,12-14,19-29,42H2,1H3,(H,43,52)(H,44,47)(H,49,50)/t34-,41+/m0/s1. The van der Waals surface area contributed by atoms with Crippen LogP contribution in [-0.4, -0.2) is 88.2 Å². The molecule has 0 unspecified atom stereocenters. The number of carbonyl (C=O) groups is 6. The molecule has 13 nitrogen and oxygen atoms in total. The zero-order valence-corrected chi connectivity index (χ0v) is 31.5. The van der Waals surface area contributed by atoms with Gasteiger partial charge in [-0.05, 0) is 62.0 Å². The molecular formula is C41H57N5O8. The summed E-state index contributed by atoms with van der Waals surface area (Å²) in [5.41, 5.74) is 5.72. The van der Waals surface area contributed by atoms with E-state index in [2.05, 4.69) is 10.6 Å². The van der Waals surface area contributed by atoms with Crippen LogP contribution in [0, 0.1) is 11.8 Å². The lowest BCUT2D eigenvalue weighted by atomic mass is 9.75. The number of aliphatic carboxylic acids is 1. The summed E-state index contributed by atoms with van der Waals surface area (Å²) in [5.74, 6) is -3.55. The van der Waals surface area contributed by atoms with E-state index in [4.69, 9.17) is 10.5 Å². The number of hydrogen-bond acceptors (Lipinski definition) is 8. The van der Waals surface area contributed by atoms with Crippen LogP contribution >= 0.6 is 0 Å². The number of carbonyl (C=O) groups excluding carboxylic acids is 5. The molecule has 0 spiro atoms. The molecule has 13 heteroatoms. The van der Waals surface area contributed by atoms with Gasteiger partial charge in [0.1, 0.15) is 6.61 Å². The first-order valence-electron chi connectivity index (χ1n) is 19.4. The smallest absolute Gasteiger partial charge is 0.410 e. The Morgan fingerprint density at radius 1 is 0.907 bits per heavy atom. The van der Waals surface area contributed by atoms with E-state index in [0.717, 1.165) is 62.5 Å². The molecular weight excluding hydrogens is 690 g/mol. The van der Waals surface area contributed by atoms with E-state index in [1.807, 2.05) is 60.7 Å². The van der Waals surface area contributed by atoms with Crippen LogP contribution in [-0.2, 0) is 41.9 Å². The zero-order chi connectivity index (χ0) is 38.9. The fourth-order valence-electron chi connectivity index (χ4n) is 7.57. The summed E-state index contributed by atoms with van der Waals surface area (Å²) in [7, 11) is 0. The Morgan fingerprint density at radius 2 is 1.54 bits per heavy atom. The van der Waals surface area contributed by atoms with Gasteiger partial charge < -0.3 is 36.0 Å². The van der Waals surface area contributed by atoms with Gasteiger partial charge in [-0.1, -0.05) is 92.8 Å². The molecule has 2 aromatic carbocycles. The molecule has 2 fully saturated rings. The number of ketones is 1. The highest BCUT2D eigenvalue weighted by molar-refractivity contribution is 6.15. The highest BCUT2D eigenvalue weighted by atomic mass is 16.6. The number of nitrogens with zero attached hydrogens (tertiary/aromatic N) is 2. The second-order valence-electron chi connectivity index (χ2n) is 14.7. The van der Waals surface area contributed by atoms with Gasteiger partial charge in [-0.3, -0.25) is 24.0 Å². The third-order valence-electron chi connectivity index (χ3n) is 10.7. The van der Waals surface area contributed by atoms with Gasteiger partial charge in [-0.2, -0.15) is 0 Å². The molecule has 1 aliphatic carbocycles. The minimum Gasteiger partial charge on any atom is -0.481 e. The maximum atomic E-state index is 14.2. The van der Waals surface area contributed by atoms with E-state index in [9.17, 15) is 33.9 Å². The maximum absolute atomic E-state index is 14.2. The summed E-state index contributed by atoms with van der Waals surface area (Å²) >= 11 is 0. The first-order valence-corrected chi connectivity index (χ1v) is 19.4. The number of Topliss-reactive ketones (excluding diaryl/α,β-unsaturated/α-hetero) is 1. The van der Waals surface area contributed by atoms with Gasteiger partial charge in [0.25, 0.3) is 5.91 Å². The third kappa shape index (κ3) is 12.7. The van der Waals surface area contributed by atoms with Crippen molar-refractivity contribution in [3.8, 4) is 0 Å². The van der Waals surface area contributed by atoms with Crippen molar-refractivity contribution < 1.29 is 38.6 Å². The highest BCUT2D eigenvalue weighted by Crippen LogP contribution is 2.32. The topological polar surface area (TPSA) is 188 Å². The number of carboxylic acids is 1. The Morgan fingerprint density at radius 3 is 2.15 bits per heavy atom. The number of likely N-dealkylation sites (N-methyl/N-ethyl adjacent to an activating group) is 1. The van der Waals surface area contributed by atoms with Crippen molar-refractivity contribution in [2.24, 2.45) is 17.6 Å². The lowest BCUT2D eigenvalue weighted by Crippen LogP contribution is -2.68. The summed E-state index contributed by atoms with van der Waals surface area (Å²) in [6.07, 6.45) is 6.54. The minimum atomic E-state index is -2.12. The fourth-order valence-corrected chi connectivity index (χ4v) is 7.57. The number of amides is 4. The van der Waals surface area contributed by atoms with Crippen molar-refractivity contribution in [1.82, 2.24) is 20.4 Å². The number of ether oxygens (including phenoxy) is 1. The Labute approximate surface area is 318 Å². The summed E-state index contributed by atoms with van der Waals surface area (Å²) in [6, 6.07) is 17.1. The molecule has 1 aliphatic heterocycles. The lowest BCUT2D eigenvalue weighted by Gasteiger charge is -2.38. The van der Waals surface area contributed by atoms with E-state index in [1.165, 1.54) is 4.90 Å². The number of rotatable bonds is 19. The largest absolute Gasteiger partial charge is 0.481 e. The second-order valence-corrected chi connectivity index (χ2v) is 14.7. The monoisotopic (exact) mass is 747 g/mol. The third-order valence-corrected chi connectivity index (χ3v) is 10.7. The van der Waals surface area contributed by atoms with E-state index < -0.39 is 41.6 Å². The second kappa shape index (κ2) is 21.2. The summed E-state index contributed by atoms with van der Waals surface area (Å²) in [6.45, 7) is 3.10. The fraction of sp³-hybridized carbons (Fsp3) is 0.561. The summed E-state index contributed by atoms with van der Waals surface area (Å²) in [4.78, 5) is 82.7. The van der Waals surface area contributed by atoms with E-state index in [1.54, 1.807) is 11.8 Å². The zero-order valence-electron chi connectivity index (χ0n) is 31.5. The first-order chi connectivity index (χ1) is 26.0. The van der Waals surface area contributed by atoms with Crippen LogP contribution in [0.15, 0.2) is 60.7 Å². The van der Waals surface area contributed by atoms with Crippen molar-refractivity contribution >= 4 is 35.6 Å². The average Bonchev–Trinajstić information content (AvgIpc) is 3.18. The molecule has 5 N–H and O–H groups in total. The maximum Gasteiger partial charge on any atom is 0.410 e. The Bertz CT molecular complexity index is 1540. The molecule has 1 saturated carbocycles. The van der Waals surface area contributed by atoms with Gasteiger partial charge in [0.05, 0.1) is 19.0 Å². The Balaban J connectivity index is 1.35. The number of nitrogens with one attached hydrogen (secondary N) is 2. The van der Waals surface area contributed by atoms with Crippen LogP contribution in [0.25, 0.3) is 0 Å². The van der Waals surface area contributed by atoms with E-state index in [-0.39, 0.29) is 57.0 Å². The Kier molecular flexibility index (Phi) is 16.5. The molecule has 0 radical (unpaired) electrons. The predicted molar refractivity (Wildman–Crippen MR) is 203 cm³/mol. The predicted octanol–water partition coefficient (Wildman–Crippen LogP) is 4.57. The number of piperidine rings is 1. The van der Waals surface area contributed by atoms with Gasteiger partial charge in [0.2, 0.25) is 11.8 Å². The van der Waals surface area contributed by atoms with E-state index >= 15 is 0 Å². The normalized spacial score (nSPS) is 16.7. The van der Waals surface area contributed by atoms with Crippen LogP contribution in [0.5, 0.6) is 0 Å². The van der Waals surface area contributed by atoms with Gasteiger partial charge in [0.15, 0.2) is 11.3 Å². The number of likely N-dealkylation sites (tertiary alicyclic amines) is 1. The van der Waals surface area contributed by atoms with Gasteiger partial charge in [-0.15, -0.1) is 0 Å². The van der Waals surface area contributed by atoms with Gasteiger partial charge >= 0.3 is 12.1 Å².